The predicted molar refractivity (Wildman–Crippen MR) is 29.3 cm³/mol. The Bertz CT molecular complexity index is 134. The summed E-state index contributed by atoms with van der Waals surface area (Å²) in [5.74, 6) is 0.724. The summed E-state index contributed by atoms with van der Waals surface area (Å²) in [6.45, 7) is 0. The second kappa shape index (κ2) is 2.59. The van der Waals surface area contributed by atoms with Crippen molar-refractivity contribution < 1.29 is 21.5 Å². The van der Waals surface area contributed by atoms with Gasteiger partial charge in [-0.15, -0.1) is 0 Å². The molecule has 0 amide bonds. The molecule has 1 heterocycles. The Morgan fingerprint density at radius 1 is 1.62 bits per heavy atom. The molecule has 1 rings (SSSR count). The van der Waals surface area contributed by atoms with Crippen molar-refractivity contribution in [3.8, 4) is 0 Å². The number of nitrogens with two attached hydrogens (primary N) is 1. The first kappa shape index (κ1) is 6.22. The van der Waals surface area contributed by atoms with Crippen LogP contribution in [0.2, 0.25) is 0 Å². The Hall–Kier alpha value is 0.1000. The second-order valence-electron chi connectivity index (χ2n) is 1.27. The molecule has 4 heteroatoms. The summed E-state index contributed by atoms with van der Waals surface area (Å²) in [5.41, 5.74) is 5.37. The maximum absolute atomic E-state index is 5.63. The van der Waals surface area contributed by atoms with Crippen LogP contribution < -0.4 is 30.7 Å². The summed E-state index contributed by atoms with van der Waals surface area (Å²) in [5, 5.41) is 0. The molecule has 8 heavy (non-hydrogen) atoms. The van der Waals surface area contributed by atoms with Crippen LogP contribution in [0.25, 0.3) is 0 Å². The van der Waals surface area contributed by atoms with Crippen molar-refractivity contribution in [1.29, 1.82) is 0 Å². The van der Waals surface area contributed by atoms with Gasteiger partial charge in [0.05, 0.1) is 0 Å². The Morgan fingerprint density at radius 3 is 2.75 bits per heavy atom. The van der Waals surface area contributed by atoms with Crippen LogP contribution in [0.4, 0.5) is 0 Å². The van der Waals surface area contributed by atoms with Crippen molar-refractivity contribution in [3.63, 3.8) is 0 Å². The fourth-order valence-corrected chi connectivity index (χ4v) is 1.73. The third-order valence-electron chi connectivity index (χ3n) is 0.636. The number of halogens is 2. The number of allylic oxidation sites excluding steroid dienone is 2. The van der Waals surface area contributed by atoms with Crippen molar-refractivity contribution in [2.45, 2.75) is 0 Å². The van der Waals surface area contributed by atoms with E-state index in [1.807, 2.05) is 6.08 Å². The Morgan fingerprint density at radius 2 is 2.38 bits per heavy atom. The molecule has 0 aromatic rings. The average molecular weight is 243 g/mol. The predicted octanol–water partition coefficient (Wildman–Crippen LogP) is -2.53. The van der Waals surface area contributed by atoms with Gasteiger partial charge in [0.2, 0.25) is 0 Å². The van der Waals surface area contributed by atoms with Crippen LogP contribution in [0.3, 0.4) is 0 Å². The number of hydrogen-bond acceptors (Lipinski definition) is 2. The molecule has 1 aliphatic heterocycles. The third kappa shape index (κ3) is 1.56. The summed E-state index contributed by atoms with van der Waals surface area (Å²) in [6.07, 6.45) is 3.60. The van der Waals surface area contributed by atoms with Crippen molar-refractivity contribution in [2.75, 3.05) is 0 Å². The molecule has 0 spiro atoms. The van der Waals surface area contributed by atoms with Gasteiger partial charge in [-0.3, -0.25) is 0 Å². The topological polar surface area (TPSA) is 38.0 Å². The number of nitrogens with one attached hydrogen (secondary N) is 1. The molecule has 0 aliphatic carbocycles. The van der Waals surface area contributed by atoms with E-state index in [0.29, 0.717) is 0 Å². The van der Waals surface area contributed by atoms with E-state index < -0.39 is 0 Å². The molecule has 0 aromatic carbocycles. The van der Waals surface area contributed by atoms with Crippen LogP contribution in [-0.2, 0) is 0 Å². The third-order valence-corrected chi connectivity index (χ3v) is 3.01. The summed E-state index contributed by atoms with van der Waals surface area (Å²) >= 11 is 5.42. The van der Waals surface area contributed by atoms with E-state index in [1.54, 1.807) is 6.08 Å². The van der Waals surface area contributed by atoms with Crippen molar-refractivity contribution in [3.05, 3.63) is 21.0 Å². The Kier molecular flexibility index (Phi) is 2.01. The zero-order valence-electron chi connectivity index (χ0n) is 3.99. The Labute approximate surface area is 63.4 Å². The van der Waals surface area contributed by atoms with Gasteiger partial charge in [0.25, 0.3) is 0 Å². The van der Waals surface area contributed by atoms with Gasteiger partial charge >= 0.3 is 63.4 Å². The molecule has 0 atom stereocenters. The van der Waals surface area contributed by atoms with Crippen molar-refractivity contribution in [1.82, 2.24) is 3.53 Å². The van der Waals surface area contributed by atoms with Gasteiger partial charge in [0, 0.05) is 0 Å². The number of rotatable bonds is 0. The van der Waals surface area contributed by atoms with E-state index in [9.17, 15) is 0 Å². The van der Waals surface area contributed by atoms with E-state index in [1.165, 1.54) is 0 Å². The first-order chi connectivity index (χ1) is 3.79. The van der Waals surface area contributed by atoms with Crippen LogP contribution in [-0.4, -0.2) is 0 Å². The maximum atomic E-state index is 5.63. The van der Waals surface area contributed by atoms with Gasteiger partial charge in [-0.25, -0.2) is 0 Å². The van der Waals surface area contributed by atoms with Crippen molar-refractivity contribution in [2.24, 2.45) is 5.73 Å². The van der Waals surface area contributed by atoms with Crippen LogP contribution in [0.15, 0.2) is 21.0 Å². The van der Waals surface area contributed by atoms with Crippen LogP contribution in [0.1, 0.15) is 0 Å². The van der Waals surface area contributed by atoms with E-state index in [2.05, 4.69) is 3.53 Å². The van der Waals surface area contributed by atoms with Crippen LogP contribution in [0.5, 0.6) is 0 Å². The van der Waals surface area contributed by atoms with E-state index in [-0.39, 0.29) is 21.5 Å². The molecule has 0 unspecified atom stereocenters. The zero-order chi connectivity index (χ0) is 5.98. The average Bonchev–Trinajstić information content (AvgIpc) is 1.77. The van der Waals surface area contributed by atoms with Crippen LogP contribution in [0, 0.1) is 0 Å². The number of hydrogen-bond donors (Lipinski definition) is 2. The minimum atomic E-state index is -0.205. The van der Waals surface area contributed by atoms with Gasteiger partial charge in [-0.2, -0.15) is 0 Å². The molecule has 0 aromatic heterocycles. The SMILES string of the molecule is NC1=CC=C(Cl)[I-]N1. The van der Waals surface area contributed by atoms with Gasteiger partial charge in [-0.1, -0.05) is 0 Å². The summed E-state index contributed by atoms with van der Waals surface area (Å²) in [4.78, 5) is 0. The molecular formula is C4H5ClIN2-. The summed E-state index contributed by atoms with van der Waals surface area (Å²) < 4.78 is 3.88. The molecule has 0 saturated heterocycles. The van der Waals surface area contributed by atoms with Gasteiger partial charge in [-0.05, 0) is 0 Å². The van der Waals surface area contributed by atoms with Crippen LogP contribution >= 0.6 is 11.6 Å². The molecule has 3 N–H and O–H groups in total. The molecule has 2 nitrogen and oxygen atoms in total. The normalized spacial score (nSPS) is 19.6. The minimum absolute atomic E-state index is 0.205. The van der Waals surface area contributed by atoms with E-state index in [4.69, 9.17) is 17.3 Å². The molecule has 0 radical (unpaired) electrons. The van der Waals surface area contributed by atoms with Crippen molar-refractivity contribution >= 4 is 11.6 Å². The molecule has 0 fully saturated rings. The second-order valence-corrected chi connectivity index (χ2v) is 4.55. The zero-order valence-corrected chi connectivity index (χ0v) is 6.90. The summed E-state index contributed by atoms with van der Waals surface area (Å²) in [6, 6.07) is 0. The van der Waals surface area contributed by atoms with Gasteiger partial charge in [0.1, 0.15) is 0 Å². The molecular weight excluding hydrogens is 238 g/mol. The summed E-state index contributed by atoms with van der Waals surface area (Å²) in [7, 11) is 0. The molecule has 0 bridgehead atoms. The first-order valence-corrected chi connectivity index (χ1v) is 4.55. The molecule has 0 saturated carbocycles. The van der Waals surface area contributed by atoms with Gasteiger partial charge in [0.15, 0.2) is 0 Å². The monoisotopic (exact) mass is 243 g/mol. The first-order valence-electron chi connectivity index (χ1n) is 2.02. The van der Waals surface area contributed by atoms with E-state index in [0.717, 1.165) is 8.86 Å². The van der Waals surface area contributed by atoms with E-state index >= 15 is 0 Å². The van der Waals surface area contributed by atoms with Gasteiger partial charge < -0.3 is 0 Å². The quantitative estimate of drug-likeness (QED) is 0.364. The Balaban J connectivity index is 2.65. The molecule has 46 valence electrons. The standard InChI is InChI=1S/C4H5ClIN2/c5-3-1-2-4(7)8-6-3/h1-2,8H,7H2/q-1. The molecule has 1 aliphatic rings. The fourth-order valence-electron chi connectivity index (χ4n) is 0.315. The fraction of sp³-hybridized carbons (Fsp3) is 0.